The lowest BCUT2D eigenvalue weighted by Gasteiger charge is -2.18. The van der Waals surface area contributed by atoms with Crippen LogP contribution < -0.4 is 0 Å². The fourth-order valence-corrected chi connectivity index (χ4v) is 3.18. The van der Waals surface area contributed by atoms with E-state index >= 15 is 0 Å². The summed E-state index contributed by atoms with van der Waals surface area (Å²) in [5.41, 5.74) is 2.48. The minimum absolute atomic E-state index is 0.0689. The summed E-state index contributed by atoms with van der Waals surface area (Å²) in [6, 6.07) is -0.179. The molecule has 2 aromatic rings. The van der Waals surface area contributed by atoms with E-state index in [9.17, 15) is 10.2 Å². The Bertz CT molecular complexity index is 640. The number of rotatable bonds is 3. The van der Waals surface area contributed by atoms with Gasteiger partial charge in [-0.05, 0) is 24.7 Å². The molecule has 2 N–H and O–H groups in total. The Hall–Kier alpha value is -1.53. The minimum atomic E-state index is -0.777. The number of hydrogen-bond donors (Lipinski definition) is 2. The quantitative estimate of drug-likeness (QED) is 0.891. The Labute approximate surface area is 123 Å². The molecule has 3 rings (SSSR count). The normalized spacial score (nSPS) is 29.6. The van der Waals surface area contributed by atoms with Crippen molar-refractivity contribution in [1.82, 2.24) is 19.5 Å². The van der Waals surface area contributed by atoms with Crippen LogP contribution in [0.1, 0.15) is 38.9 Å². The third-order valence-electron chi connectivity index (χ3n) is 4.33. The van der Waals surface area contributed by atoms with Crippen molar-refractivity contribution < 1.29 is 10.2 Å². The van der Waals surface area contributed by atoms with Crippen molar-refractivity contribution in [2.75, 3.05) is 0 Å². The Morgan fingerprint density at radius 1 is 1.24 bits per heavy atom. The fraction of sp³-hybridized carbons (Fsp3) is 0.667. The number of fused-ring (bicyclic) bond motifs is 1. The van der Waals surface area contributed by atoms with Gasteiger partial charge in [-0.1, -0.05) is 20.8 Å². The van der Waals surface area contributed by atoms with Gasteiger partial charge < -0.3 is 14.8 Å². The molecule has 0 aliphatic heterocycles. The Morgan fingerprint density at radius 3 is 2.62 bits per heavy atom. The predicted molar refractivity (Wildman–Crippen MR) is 78.7 cm³/mol. The second kappa shape index (κ2) is 5.35. The van der Waals surface area contributed by atoms with E-state index in [-0.39, 0.29) is 12.0 Å². The average Bonchev–Trinajstić information content (AvgIpc) is 2.96. The van der Waals surface area contributed by atoms with Gasteiger partial charge in [0.2, 0.25) is 0 Å². The molecular weight excluding hydrogens is 268 g/mol. The van der Waals surface area contributed by atoms with E-state index in [0.717, 1.165) is 29.7 Å². The molecule has 6 heteroatoms. The monoisotopic (exact) mass is 290 g/mol. The second-order valence-electron chi connectivity index (χ2n) is 6.50. The van der Waals surface area contributed by atoms with Crippen molar-refractivity contribution in [3.63, 3.8) is 0 Å². The standard InChI is InChI=1S/C15H22N4O2/c1-8(2)4-10-12-15(17-6-16-10)19(7-18-12)11-5-9(3)13(20)14(11)21/h6-9,11,13-14,20-21H,4-5H2,1-3H3/t9-,11-,13-,14+/m1/s1. The van der Waals surface area contributed by atoms with Crippen LogP contribution in [0.3, 0.4) is 0 Å². The Kier molecular flexibility index (Phi) is 3.67. The van der Waals surface area contributed by atoms with Crippen LogP contribution in [-0.2, 0) is 6.42 Å². The van der Waals surface area contributed by atoms with Crippen molar-refractivity contribution in [3.8, 4) is 0 Å². The highest BCUT2D eigenvalue weighted by Gasteiger charge is 2.40. The molecule has 0 aromatic carbocycles. The zero-order valence-corrected chi connectivity index (χ0v) is 12.6. The van der Waals surface area contributed by atoms with Crippen molar-refractivity contribution >= 4 is 11.2 Å². The first-order chi connectivity index (χ1) is 9.99. The number of aliphatic hydroxyl groups is 2. The molecule has 0 amide bonds. The van der Waals surface area contributed by atoms with Gasteiger partial charge in [-0.3, -0.25) is 0 Å². The summed E-state index contributed by atoms with van der Waals surface area (Å²) in [7, 11) is 0. The lowest BCUT2D eigenvalue weighted by Crippen LogP contribution is -2.28. The summed E-state index contributed by atoms with van der Waals surface area (Å²) in [5.74, 6) is 0.562. The van der Waals surface area contributed by atoms with Crippen molar-refractivity contribution in [1.29, 1.82) is 0 Å². The van der Waals surface area contributed by atoms with Crippen LogP contribution in [0.4, 0.5) is 0 Å². The molecule has 0 bridgehead atoms. The summed E-state index contributed by atoms with van der Waals surface area (Å²) in [6.45, 7) is 6.24. The highest BCUT2D eigenvalue weighted by Crippen LogP contribution is 2.36. The maximum Gasteiger partial charge on any atom is 0.163 e. The van der Waals surface area contributed by atoms with Crippen LogP contribution in [0.15, 0.2) is 12.7 Å². The topological polar surface area (TPSA) is 84.1 Å². The highest BCUT2D eigenvalue weighted by molar-refractivity contribution is 5.73. The third kappa shape index (κ3) is 2.42. The van der Waals surface area contributed by atoms with Gasteiger partial charge in [-0.2, -0.15) is 0 Å². The van der Waals surface area contributed by atoms with E-state index in [1.807, 2.05) is 11.5 Å². The van der Waals surface area contributed by atoms with E-state index < -0.39 is 12.2 Å². The van der Waals surface area contributed by atoms with Gasteiger partial charge in [0.1, 0.15) is 17.9 Å². The summed E-state index contributed by atoms with van der Waals surface area (Å²) < 4.78 is 1.89. The molecule has 2 aromatic heterocycles. The largest absolute Gasteiger partial charge is 0.390 e. The molecule has 114 valence electrons. The van der Waals surface area contributed by atoms with Crippen molar-refractivity contribution in [3.05, 3.63) is 18.3 Å². The van der Waals surface area contributed by atoms with Gasteiger partial charge in [-0.15, -0.1) is 0 Å². The first kappa shape index (κ1) is 14.4. The van der Waals surface area contributed by atoms with Gasteiger partial charge in [0.15, 0.2) is 5.65 Å². The Balaban J connectivity index is 2.01. The molecule has 4 atom stereocenters. The molecule has 0 radical (unpaired) electrons. The molecular formula is C15H22N4O2. The maximum absolute atomic E-state index is 10.2. The number of nitrogens with zero attached hydrogens (tertiary/aromatic N) is 4. The van der Waals surface area contributed by atoms with Crippen LogP contribution in [0, 0.1) is 11.8 Å². The molecule has 0 unspecified atom stereocenters. The maximum atomic E-state index is 10.2. The average molecular weight is 290 g/mol. The molecule has 21 heavy (non-hydrogen) atoms. The van der Waals surface area contributed by atoms with Crippen LogP contribution >= 0.6 is 0 Å². The van der Waals surface area contributed by atoms with E-state index in [1.54, 1.807) is 12.7 Å². The first-order valence-electron chi connectivity index (χ1n) is 7.51. The zero-order valence-electron chi connectivity index (χ0n) is 12.6. The number of aromatic nitrogens is 4. The van der Waals surface area contributed by atoms with Crippen LogP contribution in [-0.4, -0.2) is 41.9 Å². The second-order valence-corrected chi connectivity index (χ2v) is 6.50. The number of aliphatic hydroxyl groups excluding tert-OH is 2. The predicted octanol–water partition coefficient (Wildman–Crippen LogP) is 1.33. The van der Waals surface area contributed by atoms with Crippen molar-refractivity contribution in [2.45, 2.75) is 51.9 Å². The van der Waals surface area contributed by atoms with E-state index in [4.69, 9.17) is 0 Å². The lowest BCUT2D eigenvalue weighted by atomic mass is 10.1. The van der Waals surface area contributed by atoms with E-state index in [2.05, 4.69) is 28.8 Å². The highest BCUT2D eigenvalue weighted by atomic mass is 16.3. The van der Waals surface area contributed by atoms with Crippen LogP contribution in [0.5, 0.6) is 0 Å². The summed E-state index contributed by atoms with van der Waals surface area (Å²) in [5, 5.41) is 20.2. The summed E-state index contributed by atoms with van der Waals surface area (Å²) in [4.78, 5) is 13.1. The summed E-state index contributed by atoms with van der Waals surface area (Å²) >= 11 is 0. The van der Waals surface area contributed by atoms with Crippen molar-refractivity contribution in [2.24, 2.45) is 11.8 Å². The van der Waals surface area contributed by atoms with E-state index in [1.165, 1.54) is 0 Å². The van der Waals surface area contributed by atoms with Gasteiger partial charge >= 0.3 is 0 Å². The molecule has 1 aliphatic rings. The molecule has 0 saturated heterocycles. The molecule has 2 heterocycles. The molecule has 6 nitrogen and oxygen atoms in total. The van der Waals surface area contributed by atoms with Gasteiger partial charge in [0, 0.05) is 0 Å². The van der Waals surface area contributed by atoms with Crippen LogP contribution in [0.2, 0.25) is 0 Å². The molecule has 1 saturated carbocycles. The molecule has 1 aliphatic carbocycles. The lowest BCUT2D eigenvalue weighted by molar-refractivity contribution is 0.00964. The minimum Gasteiger partial charge on any atom is -0.390 e. The SMILES string of the molecule is CC(C)Cc1ncnc2c1ncn2[C@@H]1C[C@@H](C)[C@@H](O)[C@H]1O. The van der Waals surface area contributed by atoms with Gasteiger partial charge in [0.05, 0.1) is 24.2 Å². The number of hydrogen-bond acceptors (Lipinski definition) is 5. The zero-order chi connectivity index (χ0) is 15.1. The summed E-state index contributed by atoms with van der Waals surface area (Å²) in [6.07, 6.45) is 3.37. The third-order valence-corrected chi connectivity index (χ3v) is 4.33. The van der Waals surface area contributed by atoms with Crippen LogP contribution in [0.25, 0.3) is 11.2 Å². The smallest absolute Gasteiger partial charge is 0.163 e. The fourth-order valence-electron chi connectivity index (χ4n) is 3.18. The number of imidazole rings is 1. The van der Waals surface area contributed by atoms with E-state index in [0.29, 0.717) is 5.92 Å². The first-order valence-corrected chi connectivity index (χ1v) is 7.51. The Morgan fingerprint density at radius 2 is 2.00 bits per heavy atom. The molecule has 1 fully saturated rings. The van der Waals surface area contributed by atoms with Gasteiger partial charge in [0.25, 0.3) is 0 Å². The van der Waals surface area contributed by atoms with Gasteiger partial charge in [-0.25, -0.2) is 15.0 Å². The molecule has 0 spiro atoms.